The van der Waals surface area contributed by atoms with Crippen molar-refractivity contribution in [1.29, 1.82) is 0 Å². The van der Waals surface area contributed by atoms with Gasteiger partial charge in [-0.2, -0.15) is 13.2 Å². The highest BCUT2D eigenvalue weighted by atomic mass is 19.4. The van der Waals surface area contributed by atoms with Crippen LogP contribution in [0.3, 0.4) is 0 Å². The van der Waals surface area contributed by atoms with Gasteiger partial charge >= 0.3 is 6.18 Å². The molecule has 0 N–H and O–H groups in total. The van der Waals surface area contributed by atoms with Gasteiger partial charge in [-0.3, -0.25) is 14.7 Å². The number of rotatable bonds is 4. The molecule has 0 aromatic carbocycles. The van der Waals surface area contributed by atoms with Crippen LogP contribution in [0.1, 0.15) is 24.1 Å². The van der Waals surface area contributed by atoms with Crippen LogP contribution in [0.4, 0.5) is 13.2 Å². The average Bonchev–Trinajstić information content (AvgIpc) is 2.71. The summed E-state index contributed by atoms with van der Waals surface area (Å²) >= 11 is 0. The highest BCUT2D eigenvalue weighted by Crippen LogP contribution is 2.28. The summed E-state index contributed by atoms with van der Waals surface area (Å²) in [5.74, 6) is 0.359. The Bertz CT molecular complexity index is 1040. The first-order valence-corrected chi connectivity index (χ1v) is 9.59. The van der Waals surface area contributed by atoms with Crippen LogP contribution in [-0.4, -0.2) is 32.5 Å². The molecule has 0 unspecified atom stereocenters. The van der Waals surface area contributed by atoms with Gasteiger partial charge in [0.2, 0.25) is 0 Å². The van der Waals surface area contributed by atoms with Crippen LogP contribution in [0.25, 0.3) is 10.9 Å². The molecular weight excluding hydrogens is 381 g/mol. The van der Waals surface area contributed by atoms with Gasteiger partial charge in [0.05, 0.1) is 10.9 Å². The molecule has 5 nitrogen and oxygen atoms in total. The van der Waals surface area contributed by atoms with Crippen molar-refractivity contribution in [3.63, 3.8) is 0 Å². The summed E-state index contributed by atoms with van der Waals surface area (Å²) < 4.78 is 40.1. The zero-order valence-electron chi connectivity index (χ0n) is 15.8. The molecule has 1 fully saturated rings. The number of nitrogens with zero attached hydrogens (tertiary/aromatic N) is 4. The van der Waals surface area contributed by atoms with Gasteiger partial charge in [0.25, 0.3) is 5.56 Å². The Balaban J connectivity index is 1.42. The lowest BCUT2D eigenvalue weighted by Crippen LogP contribution is -2.36. The average molecular weight is 402 g/mol. The van der Waals surface area contributed by atoms with Crippen LogP contribution >= 0.6 is 0 Å². The lowest BCUT2D eigenvalue weighted by molar-refractivity contribution is -0.140. The number of halogens is 3. The highest BCUT2D eigenvalue weighted by Gasteiger charge is 2.32. The molecule has 0 radical (unpaired) electrons. The predicted octanol–water partition coefficient (Wildman–Crippen LogP) is 3.72. The van der Waals surface area contributed by atoms with E-state index in [2.05, 4.69) is 20.9 Å². The van der Waals surface area contributed by atoms with Crippen LogP contribution in [0.2, 0.25) is 0 Å². The molecule has 0 spiro atoms. The Morgan fingerprint density at radius 3 is 2.59 bits per heavy atom. The minimum Gasteiger partial charge on any atom is -0.315 e. The smallest absolute Gasteiger partial charge is 0.315 e. The second-order valence-corrected chi connectivity index (χ2v) is 7.48. The molecule has 1 aliphatic rings. The van der Waals surface area contributed by atoms with Gasteiger partial charge in [0.15, 0.2) is 0 Å². The summed E-state index contributed by atoms with van der Waals surface area (Å²) in [5.41, 5.74) is -0.0144. The van der Waals surface area contributed by atoms with Crippen molar-refractivity contribution >= 4 is 10.9 Å². The van der Waals surface area contributed by atoms with E-state index in [1.807, 2.05) is 12.3 Å². The summed E-state index contributed by atoms with van der Waals surface area (Å²) in [4.78, 5) is 22.8. The Morgan fingerprint density at radius 2 is 1.90 bits per heavy atom. The highest BCUT2D eigenvalue weighted by molar-refractivity contribution is 5.77. The molecule has 8 heteroatoms. The fourth-order valence-corrected chi connectivity index (χ4v) is 3.82. The van der Waals surface area contributed by atoms with Crippen molar-refractivity contribution < 1.29 is 13.2 Å². The predicted molar refractivity (Wildman–Crippen MR) is 103 cm³/mol. The topological polar surface area (TPSA) is 51.0 Å². The molecule has 3 aromatic heterocycles. The number of aromatic nitrogens is 3. The molecule has 0 bridgehead atoms. The number of alkyl halides is 3. The number of fused-ring (bicyclic) bond motifs is 1. The fourth-order valence-electron chi connectivity index (χ4n) is 3.82. The van der Waals surface area contributed by atoms with Crippen LogP contribution in [-0.2, 0) is 19.3 Å². The summed E-state index contributed by atoms with van der Waals surface area (Å²) in [6, 6.07) is 7.57. The molecule has 152 valence electrons. The van der Waals surface area contributed by atoms with Crippen molar-refractivity contribution in [1.82, 2.24) is 19.4 Å². The first-order valence-electron chi connectivity index (χ1n) is 9.59. The third-order valence-electron chi connectivity index (χ3n) is 5.41. The van der Waals surface area contributed by atoms with Crippen LogP contribution < -0.4 is 5.56 Å². The van der Waals surface area contributed by atoms with E-state index in [1.54, 1.807) is 17.0 Å². The van der Waals surface area contributed by atoms with Crippen molar-refractivity contribution in [3.8, 4) is 0 Å². The minimum absolute atomic E-state index is 0.0763. The summed E-state index contributed by atoms with van der Waals surface area (Å²) in [6.45, 7) is 3.32. The number of hydrogen-bond donors (Lipinski definition) is 0. The van der Waals surface area contributed by atoms with Crippen molar-refractivity contribution in [2.75, 3.05) is 13.1 Å². The zero-order chi connectivity index (χ0) is 20.4. The SMILES string of the molecule is O=c1c2ccc(C(F)(F)F)nc2ccn1CC1CCN(Cc2cccnc2)CC1. The molecule has 0 saturated carbocycles. The Morgan fingerprint density at radius 1 is 1.10 bits per heavy atom. The van der Waals surface area contributed by atoms with E-state index in [0.717, 1.165) is 38.5 Å². The van der Waals surface area contributed by atoms with Crippen LogP contribution in [0.15, 0.2) is 53.7 Å². The maximum atomic E-state index is 12.8. The molecule has 29 heavy (non-hydrogen) atoms. The third-order valence-corrected chi connectivity index (χ3v) is 5.41. The lowest BCUT2D eigenvalue weighted by atomic mass is 9.96. The van der Waals surface area contributed by atoms with Gasteiger partial charge < -0.3 is 4.57 Å². The second kappa shape index (κ2) is 7.94. The zero-order valence-corrected chi connectivity index (χ0v) is 15.8. The number of piperidine rings is 1. The van der Waals surface area contributed by atoms with Crippen molar-refractivity contribution in [3.05, 3.63) is 70.5 Å². The van der Waals surface area contributed by atoms with Gasteiger partial charge in [-0.1, -0.05) is 6.07 Å². The van der Waals surface area contributed by atoms with Gasteiger partial charge in [-0.15, -0.1) is 0 Å². The Hall–Kier alpha value is -2.74. The van der Waals surface area contributed by atoms with Crippen molar-refractivity contribution in [2.45, 2.75) is 32.1 Å². The summed E-state index contributed by atoms with van der Waals surface area (Å²) in [6.07, 6.45) is 2.61. The molecule has 4 rings (SSSR count). The first kappa shape index (κ1) is 19.6. The summed E-state index contributed by atoms with van der Waals surface area (Å²) in [7, 11) is 0. The van der Waals surface area contributed by atoms with E-state index < -0.39 is 11.9 Å². The molecule has 0 amide bonds. The van der Waals surface area contributed by atoms with E-state index >= 15 is 0 Å². The maximum absolute atomic E-state index is 12.8. The van der Waals surface area contributed by atoms with E-state index in [4.69, 9.17) is 0 Å². The molecule has 3 aromatic rings. The van der Waals surface area contributed by atoms with Gasteiger partial charge in [-0.05, 0) is 61.7 Å². The molecule has 0 atom stereocenters. The largest absolute Gasteiger partial charge is 0.433 e. The Labute approximate surface area is 165 Å². The molecular formula is C21H21F3N4O. The normalized spacial score (nSPS) is 16.4. The minimum atomic E-state index is -4.52. The quantitative estimate of drug-likeness (QED) is 0.668. The number of pyridine rings is 3. The molecule has 1 aliphatic heterocycles. The van der Waals surface area contributed by atoms with Gasteiger partial charge in [-0.25, -0.2) is 4.98 Å². The van der Waals surface area contributed by atoms with Gasteiger partial charge in [0.1, 0.15) is 5.69 Å². The van der Waals surface area contributed by atoms with E-state index in [-0.39, 0.29) is 16.5 Å². The van der Waals surface area contributed by atoms with E-state index in [0.29, 0.717) is 12.5 Å². The standard InChI is InChI=1S/C21H21F3N4O/c22-21(23,24)19-4-3-17-18(26-19)7-11-28(20(17)29)14-15-5-9-27(10-6-15)13-16-2-1-8-25-12-16/h1-4,7-8,11-12,15H,5-6,9-10,13-14H2. The first-order chi connectivity index (χ1) is 13.9. The number of hydrogen-bond acceptors (Lipinski definition) is 4. The second-order valence-electron chi connectivity index (χ2n) is 7.48. The maximum Gasteiger partial charge on any atom is 0.433 e. The molecule has 1 saturated heterocycles. The summed E-state index contributed by atoms with van der Waals surface area (Å²) in [5, 5.41) is 0.217. The molecule has 0 aliphatic carbocycles. The van der Waals surface area contributed by atoms with Gasteiger partial charge in [0, 0.05) is 31.7 Å². The van der Waals surface area contributed by atoms with Crippen molar-refractivity contribution in [2.24, 2.45) is 5.92 Å². The third kappa shape index (κ3) is 4.48. The Kier molecular flexibility index (Phi) is 5.36. The molecule has 4 heterocycles. The number of likely N-dealkylation sites (tertiary alicyclic amines) is 1. The van der Waals surface area contributed by atoms with E-state index in [9.17, 15) is 18.0 Å². The van der Waals surface area contributed by atoms with Crippen LogP contribution in [0, 0.1) is 5.92 Å². The monoisotopic (exact) mass is 402 g/mol. The fraction of sp³-hybridized carbons (Fsp3) is 0.381. The van der Waals surface area contributed by atoms with E-state index in [1.165, 1.54) is 17.7 Å². The lowest BCUT2D eigenvalue weighted by Gasteiger charge is -2.32. The van der Waals surface area contributed by atoms with Crippen LogP contribution in [0.5, 0.6) is 0 Å².